The minimum absolute atomic E-state index is 0.0280. The van der Waals surface area contributed by atoms with Crippen LogP contribution in [0.5, 0.6) is 0 Å². The van der Waals surface area contributed by atoms with Gasteiger partial charge in [0.2, 0.25) is 0 Å². The van der Waals surface area contributed by atoms with Gasteiger partial charge in [-0.2, -0.15) is 0 Å². The topological polar surface area (TPSA) is 21.3 Å². The molecule has 3 nitrogen and oxygen atoms in total. The minimum Gasteiger partial charge on any atom is -0.456 e. The molecule has 0 fully saturated rings. The lowest BCUT2D eigenvalue weighted by molar-refractivity contribution is 0.332. The molecule has 5 heteroatoms. The van der Waals surface area contributed by atoms with Crippen LogP contribution < -0.4 is 15.7 Å². The quantitative estimate of drug-likeness (QED) is 0.154. The van der Waals surface area contributed by atoms with Crippen LogP contribution in [0.25, 0.3) is 80.7 Å². The van der Waals surface area contributed by atoms with E-state index < -0.39 is 0 Å². The van der Waals surface area contributed by atoms with E-state index in [1.54, 1.807) is 0 Å². The Morgan fingerprint density at radius 2 is 1.24 bits per heavy atom. The summed E-state index contributed by atoms with van der Waals surface area (Å²) >= 11 is 1.97. The first-order valence-corrected chi connectivity index (χ1v) is 23.8. The van der Waals surface area contributed by atoms with Gasteiger partial charge < -0.3 is 13.8 Å². The number of hydrogen-bond donors (Lipinski definition) is 0. The molecule has 0 radical (unpaired) electrons. The summed E-state index contributed by atoms with van der Waals surface area (Å²) < 4.78 is 11.9. The molecule has 5 heterocycles. The second kappa shape index (κ2) is 12.1. The molecule has 13 rings (SSSR count). The molecule has 0 atom stereocenters. The molecule has 0 amide bonds. The lowest BCUT2D eigenvalue weighted by Crippen LogP contribution is -2.60. The Kier molecular flexibility index (Phi) is 7.23. The molecule has 0 saturated carbocycles. The van der Waals surface area contributed by atoms with Crippen LogP contribution in [-0.2, 0) is 21.7 Å². The summed E-state index contributed by atoms with van der Waals surface area (Å²) in [7, 11) is 0. The van der Waals surface area contributed by atoms with Gasteiger partial charge in [-0.3, -0.25) is 0 Å². The van der Waals surface area contributed by atoms with Gasteiger partial charge >= 0.3 is 6.85 Å². The first-order valence-electron chi connectivity index (χ1n) is 23.0. The van der Waals surface area contributed by atoms with E-state index in [2.05, 4.69) is 194 Å². The van der Waals surface area contributed by atoms with E-state index in [0.29, 0.717) is 0 Å². The average molecular weight is 837 g/mol. The van der Waals surface area contributed by atoms with Crippen LogP contribution in [0.2, 0.25) is 0 Å². The van der Waals surface area contributed by atoms with Crippen molar-refractivity contribution in [2.24, 2.45) is 0 Å². The third-order valence-corrected chi connectivity index (χ3v) is 16.7. The summed E-state index contributed by atoms with van der Waals surface area (Å²) in [4.78, 5) is 2.71. The zero-order chi connectivity index (χ0) is 43.3. The molecule has 10 aromatic rings. The second-order valence-corrected chi connectivity index (χ2v) is 23.5. The summed E-state index contributed by atoms with van der Waals surface area (Å²) in [5.41, 5.74) is 19.6. The van der Waals surface area contributed by atoms with E-state index in [1.807, 2.05) is 11.3 Å². The molecule has 2 aliphatic heterocycles. The van der Waals surface area contributed by atoms with Gasteiger partial charge in [0.15, 0.2) is 0 Å². The zero-order valence-electron chi connectivity index (χ0n) is 38.2. The van der Waals surface area contributed by atoms with Crippen LogP contribution in [0, 0.1) is 0 Å². The van der Waals surface area contributed by atoms with Gasteiger partial charge in [-0.25, -0.2) is 0 Å². The minimum atomic E-state index is -0.0514. The van der Waals surface area contributed by atoms with E-state index in [4.69, 9.17) is 4.42 Å². The smallest absolute Gasteiger partial charge is 0.333 e. The third kappa shape index (κ3) is 5.09. The van der Waals surface area contributed by atoms with Crippen molar-refractivity contribution in [1.29, 1.82) is 0 Å². The second-order valence-electron chi connectivity index (χ2n) is 22.4. The molecule has 0 N–H and O–H groups in total. The number of hydrogen-bond acceptors (Lipinski definition) is 3. The van der Waals surface area contributed by atoms with Crippen molar-refractivity contribution in [3.05, 3.63) is 138 Å². The number of anilines is 2. The van der Waals surface area contributed by atoms with Crippen molar-refractivity contribution in [1.82, 2.24) is 4.57 Å². The van der Waals surface area contributed by atoms with Gasteiger partial charge in [-0.05, 0) is 134 Å². The molecule has 0 spiro atoms. The third-order valence-electron chi connectivity index (χ3n) is 15.5. The Bertz CT molecular complexity index is 3650. The molecule has 63 heavy (non-hydrogen) atoms. The highest BCUT2D eigenvalue weighted by Gasteiger charge is 2.45. The molecule has 0 bridgehead atoms. The lowest BCUT2D eigenvalue weighted by Gasteiger charge is -2.42. The molecule has 0 saturated heterocycles. The van der Waals surface area contributed by atoms with Gasteiger partial charge in [0, 0.05) is 64.3 Å². The van der Waals surface area contributed by atoms with Crippen LogP contribution in [0.3, 0.4) is 0 Å². The number of fused-ring (bicyclic) bond motifs is 15. The molecular weight excluding hydrogens is 784 g/mol. The molecule has 310 valence electrons. The SMILES string of the molecule is CC(C)(C)c1ccc(N2B3c4cc(C(C)(C)C)ccc4-n4c5cc6c(cc5c5ccc(c3c54)-c3cc4sc5cc7c(cc5c4cc32)C(C)(C)CCC7(C)C)oc2ccccc26)cc1. The molecule has 3 aliphatic rings. The Morgan fingerprint density at radius 1 is 0.556 bits per heavy atom. The van der Waals surface area contributed by atoms with Crippen LogP contribution >= 0.6 is 11.3 Å². The Balaban J connectivity index is 1.17. The summed E-state index contributed by atoms with van der Waals surface area (Å²) in [6.07, 6.45) is 2.42. The maximum absolute atomic E-state index is 6.56. The maximum Gasteiger partial charge on any atom is 0.333 e. The van der Waals surface area contributed by atoms with Crippen molar-refractivity contribution < 1.29 is 4.42 Å². The van der Waals surface area contributed by atoms with Crippen LogP contribution in [0.4, 0.5) is 11.4 Å². The summed E-state index contributed by atoms with van der Waals surface area (Å²) in [6.45, 7) is 23.7. The monoisotopic (exact) mass is 836 g/mol. The van der Waals surface area contributed by atoms with Crippen LogP contribution in [0.1, 0.15) is 104 Å². The van der Waals surface area contributed by atoms with Gasteiger partial charge in [-0.15, -0.1) is 11.3 Å². The lowest BCUT2D eigenvalue weighted by atomic mass is 9.43. The first kappa shape index (κ1) is 37.8. The van der Waals surface area contributed by atoms with E-state index in [9.17, 15) is 0 Å². The number of nitrogens with zero attached hydrogens (tertiary/aromatic N) is 2. The predicted octanol–water partition coefficient (Wildman–Crippen LogP) is 15.2. The first-order chi connectivity index (χ1) is 30.0. The Hall–Kier alpha value is -5.78. The van der Waals surface area contributed by atoms with Gasteiger partial charge in [0.25, 0.3) is 0 Å². The van der Waals surface area contributed by atoms with Gasteiger partial charge in [-0.1, -0.05) is 124 Å². The maximum atomic E-state index is 6.56. The Labute approximate surface area is 374 Å². The normalized spacial score (nSPS) is 16.5. The summed E-state index contributed by atoms with van der Waals surface area (Å²) in [6, 6.07) is 45.1. The number of para-hydroxylation sites is 1. The predicted molar refractivity (Wildman–Crippen MR) is 273 cm³/mol. The van der Waals surface area contributed by atoms with E-state index in [1.165, 1.54) is 116 Å². The molecule has 3 aromatic heterocycles. The average Bonchev–Trinajstić information content (AvgIpc) is 3.90. The van der Waals surface area contributed by atoms with Crippen LogP contribution in [-0.4, -0.2) is 11.4 Å². The van der Waals surface area contributed by atoms with Crippen molar-refractivity contribution >= 4 is 104 Å². The fourth-order valence-corrected chi connectivity index (χ4v) is 13.0. The van der Waals surface area contributed by atoms with Crippen molar-refractivity contribution in [2.45, 2.75) is 104 Å². The fourth-order valence-electron chi connectivity index (χ4n) is 11.8. The zero-order valence-corrected chi connectivity index (χ0v) is 39.0. The van der Waals surface area contributed by atoms with Crippen LogP contribution in [0.15, 0.2) is 120 Å². The van der Waals surface area contributed by atoms with Crippen molar-refractivity contribution in [3.8, 4) is 16.8 Å². The van der Waals surface area contributed by atoms with E-state index in [-0.39, 0.29) is 28.5 Å². The number of aromatic nitrogens is 1. The number of benzene rings is 7. The molecular formula is C58H53BN2OS. The van der Waals surface area contributed by atoms with E-state index >= 15 is 0 Å². The standard InChI is InChI=1S/C58H53BN2OS/c1-55(2,3)32-15-18-34(19-16-32)61-48-28-42-41-26-43-44(58(9,10)24-23-57(43,7)8)31-52(41)63-51(42)30-39(48)36-20-21-37-38-29-50-40(35-13-11-12-14-49(35)62-50)27-47(38)60-46-22-17-33(56(4,5)6)25-45(46)59(61)53(36)54(37)60/h11-22,25-31H,23-24H2,1-10H3. The Morgan fingerprint density at radius 3 is 1.98 bits per heavy atom. The number of thiophene rings is 1. The fraction of sp³-hybridized carbons (Fsp3) is 0.276. The molecule has 1 aliphatic carbocycles. The number of rotatable bonds is 1. The summed E-state index contributed by atoms with van der Waals surface area (Å²) in [5, 5.41) is 7.57. The highest BCUT2D eigenvalue weighted by molar-refractivity contribution is 7.25. The van der Waals surface area contributed by atoms with E-state index in [0.717, 1.165) is 21.9 Å². The summed E-state index contributed by atoms with van der Waals surface area (Å²) in [5.74, 6) is 0. The molecule has 0 unspecified atom stereocenters. The highest BCUT2D eigenvalue weighted by atomic mass is 32.1. The number of furan rings is 1. The van der Waals surface area contributed by atoms with Crippen molar-refractivity contribution in [3.63, 3.8) is 0 Å². The molecule has 7 aromatic carbocycles. The highest BCUT2D eigenvalue weighted by Crippen LogP contribution is 2.52. The van der Waals surface area contributed by atoms with Gasteiger partial charge in [0.1, 0.15) is 11.2 Å². The largest absolute Gasteiger partial charge is 0.456 e. The van der Waals surface area contributed by atoms with Crippen molar-refractivity contribution in [2.75, 3.05) is 4.81 Å². The van der Waals surface area contributed by atoms with Gasteiger partial charge in [0.05, 0.1) is 11.0 Å².